The lowest BCUT2D eigenvalue weighted by Gasteiger charge is -2.10. The van der Waals surface area contributed by atoms with Crippen molar-refractivity contribution in [1.29, 1.82) is 0 Å². The molecule has 0 bridgehead atoms. The molecule has 0 unspecified atom stereocenters. The van der Waals surface area contributed by atoms with Crippen molar-refractivity contribution < 1.29 is 14.6 Å². The molecular formula is C20H15N4O3-. The van der Waals surface area contributed by atoms with Crippen LogP contribution in [0, 0.1) is 6.92 Å². The summed E-state index contributed by atoms with van der Waals surface area (Å²) in [5.74, 6) is -0.0190. The van der Waals surface area contributed by atoms with Gasteiger partial charge in [-0.15, -0.1) is 0 Å². The average Bonchev–Trinajstić information content (AvgIpc) is 3.04. The Bertz CT molecular complexity index is 1140. The van der Waals surface area contributed by atoms with Gasteiger partial charge in [-0.1, -0.05) is 6.07 Å². The van der Waals surface area contributed by atoms with E-state index in [1.54, 1.807) is 49.2 Å². The topological polar surface area (TPSA) is 93.0 Å². The van der Waals surface area contributed by atoms with E-state index in [0.717, 1.165) is 5.56 Å². The SMILES string of the molecule is COc1ccc(-c2cc(C(=O)[O-])c3c(C)nn(-c4ccccn4)c3n2)cc1. The number of hydrogen-bond donors (Lipinski definition) is 0. The molecule has 4 aromatic rings. The number of aromatic nitrogens is 4. The van der Waals surface area contributed by atoms with E-state index in [9.17, 15) is 9.90 Å². The molecule has 4 rings (SSSR count). The van der Waals surface area contributed by atoms with Crippen LogP contribution in [-0.2, 0) is 0 Å². The molecule has 7 heteroatoms. The first-order chi connectivity index (χ1) is 13.1. The Balaban J connectivity index is 2.00. The van der Waals surface area contributed by atoms with Crippen molar-refractivity contribution in [3.05, 3.63) is 66.0 Å². The number of carbonyl (C=O) groups excluding carboxylic acids is 1. The molecule has 0 aliphatic rings. The Morgan fingerprint density at radius 2 is 1.93 bits per heavy atom. The monoisotopic (exact) mass is 359 g/mol. The maximum absolute atomic E-state index is 11.8. The Labute approximate surface area is 154 Å². The molecule has 134 valence electrons. The molecule has 0 atom stereocenters. The van der Waals surface area contributed by atoms with Crippen molar-refractivity contribution in [1.82, 2.24) is 19.7 Å². The number of carboxylic acids is 1. The first-order valence-electron chi connectivity index (χ1n) is 8.26. The average molecular weight is 359 g/mol. The Morgan fingerprint density at radius 1 is 1.15 bits per heavy atom. The molecule has 0 spiro atoms. The normalized spacial score (nSPS) is 10.9. The second kappa shape index (κ2) is 6.53. The van der Waals surface area contributed by atoms with E-state index in [0.29, 0.717) is 34.0 Å². The predicted octanol–water partition coefficient (Wildman–Crippen LogP) is 2.16. The third-order valence-electron chi connectivity index (χ3n) is 4.28. The largest absolute Gasteiger partial charge is 0.545 e. The van der Waals surface area contributed by atoms with E-state index in [-0.39, 0.29) is 5.56 Å². The van der Waals surface area contributed by atoms with Gasteiger partial charge in [0.25, 0.3) is 0 Å². The van der Waals surface area contributed by atoms with Gasteiger partial charge in [-0.05, 0) is 49.4 Å². The van der Waals surface area contributed by atoms with Gasteiger partial charge in [0, 0.05) is 17.3 Å². The van der Waals surface area contributed by atoms with Gasteiger partial charge in [0.15, 0.2) is 11.5 Å². The lowest BCUT2D eigenvalue weighted by atomic mass is 10.1. The highest BCUT2D eigenvalue weighted by Crippen LogP contribution is 2.29. The standard InChI is InChI=1S/C20H16N4O3/c1-12-18-15(20(25)26)11-16(13-6-8-14(27-2)9-7-13)22-19(18)24(23-12)17-5-3-4-10-21-17/h3-11H,1-2H3,(H,25,26)/p-1. The number of aryl methyl sites for hydroxylation is 1. The predicted molar refractivity (Wildman–Crippen MR) is 97.7 cm³/mol. The molecule has 7 nitrogen and oxygen atoms in total. The number of rotatable bonds is 4. The molecule has 27 heavy (non-hydrogen) atoms. The highest BCUT2D eigenvalue weighted by molar-refractivity contribution is 6.03. The van der Waals surface area contributed by atoms with Gasteiger partial charge in [-0.2, -0.15) is 9.78 Å². The number of hydrogen-bond acceptors (Lipinski definition) is 6. The molecule has 0 amide bonds. The fraction of sp³-hybridized carbons (Fsp3) is 0.100. The quantitative estimate of drug-likeness (QED) is 0.554. The minimum absolute atomic E-state index is 0.0468. The molecule has 0 aliphatic carbocycles. The number of aromatic carboxylic acids is 1. The van der Waals surface area contributed by atoms with Crippen LogP contribution in [0.2, 0.25) is 0 Å². The molecule has 0 radical (unpaired) electrons. The number of ether oxygens (including phenoxy) is 1. The van der Waals surface area contributed by atoms with Crippen molar-refractivity contribution in [2.24, 2.45) is 0 Å². The first-order valence-corrected chi connectivity index (χ1v) is 8.26. The molecule has 0 aliphatic heterocycles. The smallest absolute Gasteiger partial charge is 0.166 e. The summed E-state index contributed by atoms with van der Waals surface area (Å²) in [7, 11) is 1.59. The Kier molecular flexibility index (Phi) is 4.04. The third-order valence-corrected chi connectivity index (χ3v) is 4.28. The summed E-state index contributed by atoms with van der Waals surface area (Å²) in [4.78, 5) is 20.7. The van der Waals surface area contributed by atoms with Gasteiger partial charge in [0.05, 0.1) is 29.9 Å². The highest BCUT2D eigenvalue weighted by atomic mass is 16.5. The highest BCUT2D eigenvalue weighted by Gasteiger charge is 2.18. The number of benzene rings is 1. The van der Waals surface area contributed by atoms with Crippen molar-refractivity contribution in [3.8, 4) is 22.8 Å². The number of fused-ring (bicyclic) bond motifs is 1. The number of carbonyl (C=O) groups is 1. The van der Waals surface area contributed by atoms with Gasteiger partial charge in [-0.3, -0.25) is 0 Å². The van der Waals surface area contributed by atoms with E-state index in [4.69, 9.17) is 4.74 Å². The molecule has 0 fully saturated rings. The van der Waals surface area contributed by atoms with Crippen molar-refractivity contribution in [2.75, 3.05) is 7.11 Å². The molecular weight excluding hydrogens is 344 g/mol. The van der Waals surface area contributed by atoms with E-state index < -0.39 is 5.97 Å². The molecule has 0 saturated carbocycles. The maximum Gasteiger partial charge on any atom is 0.166 e. The molecule has 0 N–H and O–H groups in total. The molecule has 0 saturated heterocycles. The number of pyridine rings is 2. The minimum Gasteiger partial charge on any atom is -0.545 e. The number of carboxylic acid groups (broad SMARTS) is 1. The molecule has 3 heterocycles. The second-order valence-corrected chi connectivity index (χ2v) is 5.95. The zero-order valence-corrected chi connectivity index (χ0v) is 14.7. The van der Waals surface area contributed by atoms with Gasteiger partial charge in [-0.25, -0.2) is 9.97 Å². The van der Waals surface area contributed by atoms with Crippen LogP contribution in [0.5, 0.6) is 5.75 Å². The fourth-order valence-corrected chi connectivity index (χ4v) is 3.00. The van der Waals surface area contributed by atoms with Crippen LogP contribution in [0.15, 0.2) is 54.7 Å². The van der Waals surface area contributed by atoms with Crippen LogP contribution < -0.4 is 9.84 Å². The third kappa shape index (κ3) is 2.89. The van der Waals surface area contributed by atoms with Crippen molar-refractivity contribution in [3.63, 3.8) is 0 Å². The lowest BCUT2D eigenvalue weighted by Crippen LogP contribution is -2.23. The van der Waals surface area contributed by atoms with Gasteiger partial charge in [0.2, 0.25) is 0 Å². The van der Waals surface area contributed by atoms with Gasteiger partial charge in [0.1, 0.15) is 5.75 Å². The van der Waals surface area contributed by atoms with Gasteiger partial charge >= 0.3 is 0 Å². The summed E-state index contributed by atoms with van der Waals surface area (Å²) in [6.07, 6.45) is 1.64. The Hall–Kier alpha value is -3.74. The van der Waals surface area contributed by atoms with Crippen LogP contribution in [0.1, 0.15) is 16.1 Å². The molecule has 1 aromatic carbocycles. The van der Waals surface area contributed by atoms with Gasteiger partial charge < -0.3 is 14.6 Å². The zero-order valence-electron chi connectivity index (χ0n) is 14.7. The lowest BCUT2D eigenvalue weighted by molar-refractivity contribution is -0.254. The number of nitrogens with zero attached hydrogens (tertiary/aromatic N) is 4. The zero-order chi connectivity index (χ0) is 19.0. The van der Waals surface area contributed by atoms with Crippen LogP contribution in [-0.4, -0.2) is 32.8 Å². The fourth-order valence-electron chi connectivity index (χ4n) is 3.00. The van der Waals surface area contributed by atoms with Crippen LogP contribution in [0.4, 0.5) is 0 Å². The summed E-state index contributed by atoms with van der Waals surface area (Å²) < 4.78 is 6.72. The second-order valence-electron chi connectivity index (χ2n) is 5.95. The van der Waals surface area contributed by atoms with E-state index >= 15 is 0 Å². The molecule has 3 aromatic heterocycles. The minimum atomic E-state index is -1.28. The van der Waals surface area contributed by atoms with Crippen LogP contribution in [0.3, 0.4) is 0 Å². The van der Waals surface area contributed by atoms with Crippen molar-refractivity contribution in [2.45, 2.75) is 6.92 Å². The van der Waals surface area contributed by atoms with E-state index in [2.05, 4.69) is 15.1 Å². The summed E-state index contributed by atoms with van der Waals surface area (Å²) >= 11 is 0. The summed E-state index contributed by atoms with van der Waals surface area (Å²) in [6.45, 7) is 1.74. The van der Waals surface area contributed by atoms with E-state index in [1.165, 1.54) is 6.07 Å². The number of methoxy groups -OCH3 is 1. The van der Waals surface area contributed by atoms with Crippen LogP contribution >= 0.6 is 0 Å². The summed E-state index contributed by atoms with van der Waals surface area (Å²) in [5.41, 5.74) is 2.26. The van der Waals surface area contributed by atoms with Crippen LogP contribution in [0.25, 0.3) is 28.1 Å². The summed E-state index contributed by atoms with van der Waals surface area (Å²) in [5, 5.41) is 16.7. The Morgan fingerprint density at radius 3 is 2.56 bits per heavy atom. The van der Waals surface area contributed by atoms with Crippen molar-refractivity contribution >= 4 is 17.0 Å². The van der Waals surface area contributed by atoms with E-state index in [1.807, 2.05) is 18.2 Å². The maximum atomic E-state index is 11.8. The first kappa shape index (κ1) is 16.7. The summed E-state index contributed by atoms with van der Waals surface area (Å²) in [6, 6.07) is 14.1.